The fourth-order valence-electron chi connectivity index (χ4n) is 1.63. The molecule has 0 amide bonds. The summed E-state index contributed by atoms with van der Waals surface area (Å²) in [6, 6.07) is 8.13. The largest absolute Gasteiger partial charge is 0.256 e. The number of allylic oxidation sites excluding steroid dienone is 1. The number of fused-ring (bicyclic) bond motifs is 1. The third-order valence-electron chi connectivity index (χ3n) is 2.43. The Hall–Kier alpha value is -2.07. The quantitative estimate of drug-likeness (QED) is 0.634. The van der Waals surface area contributed by atoms with Crippen molar-refractivity contribution in [3.8, 4) is 12.3 Å². The first kappa shape index (κ1) is 9.48. The van der Waals surface area contributed by atoms with Gasteiger partial charge in [0.15, 0.2) is 0 Å². The molecule has 0 N–H and O–H groups in total. The van der Waals surface area contributed by atoms with Gasteiger partial charge in [0.1, 0.15) is 0 Å². The Balaban J connectivity index is 2.66. The molecule has 0 aliphatic carbocycles. The van der Waals surface area contributed by atoms with Crippen LogP contribution < -0.4 is 0 Å². The van der Waals surface area contributed by atoms with E-state index in [1.807, 2.05) is 18.3 Å². The van der Waals surface area contributed by atoms with Gasteiger partial charge in [-0.05, 0) is 36.3 Å². The Labute approximate surface area is 89.5 Å². The highest BCUT2D eigenvalue weighted by molar-refractivity contribution is 5.85. The Bertz CT molecular complexity index is 559. The molecule has 2 aromatic rings. The zero-order chi connectivity index (χ0) is 10.7. The Kier molecular flexibility index (Phi) is 2.51. The van der Waals surface area contributed by atoms with E-state index in [-0.39, 0.29) is 0 Å². The van der Waals surface area contributed by atoms with Crippen molar-refractivity contribution in [3.63, 3.8) is 0 Å². The molecule has 0 saturated carbocycles. The van der Waals surface area contributed by atoms with Crippen molar-refractivity contribution < 1.29 is 0 Å². The summed E-state index contributed by atoms with van der Waals surface area (Å²) in [5, 5.41) is 1.16. The summed E-state index contributed by atoms with van der Waals surface area (Å²) >= 11 is 0. The average molecular weight is 193 g/mol. The van der Waals surface area contributed by atoms with Crippen LogP contribution in [0.4, 0.5) is 0 Å². The molecule has 72 valence electrons. The van der Waals surface area contributed by atoms with Gasteiger partial charge in [0.25, 0.3) is 0 Å². The van der Waals surface area contributed by atoms with Gasteiger partial charge in [-0.15, -0.1) is 6.42 Å². The second kappa shape index (κ2) is 3.98. The summed E-state index contributed by atoms with van der Waals surface area (Å²) in [6.45, 7) is 2.06. The van der Waals surface area contributed by atoms with Crippen molar-refractivity contribution in [2.45, 2.75) is 6.92 Å². The number of hydrogen-bond donors (Lipinski definition) is 0. The number of hydrogen-bond acceptors (Lipinski definition) is 1. The lowest BCUT2D eigenvalue weighted by molar-refractivity contribution is 1.36. The first-order valence-corrected chi connectivity index (χ1v) is 4.80. The van der Waals surface area contributed by atoms with Crippen LogP contribution >= 0.6 is 0 Å². The maximum Gasteiger partial charge on any atom is 0.0737 e. The third-order valence-corrected chi connectivity index (χ3v) is 2.43. The molecule has 0 unspecified atom stereocenters. The first-order chi connectivity index (χ1) is 7.33. The van der Waals surface area contributed by atoms with Gasteiger partial charge in [0.2, 0.25) is 0 Å². The minimum atomic E-state index is 1.04. The van der Waals surface area contributed by atoms with Crippen molar-refractivity contribution in [3.05, 3.63) is 47.7 Å². The van der Waals surface area contributed by atoms with Crippen molar-refractivity contribution in [2.75, 3.05) is 0 Å². The van der Waals surface area contributed by atoms with Crippen LogP contribution in [-0.2, 0) is 0 Å². The minimum Gasteiger partial charge on any atom is -0.256 e. The Morgan fingerprint density at radius 2 is 2.20 bits per heavy atom. The fourth-order valence-corrected chi connectivity index (χ4v) is 1.63. The predicted molar refractivity (Wildman–Crippen MR) is 64.3 cm³/mol. The second-order valence-corrected chi connectivity index (χ2v) is 3.35. The maximum absolute atomic E-state index is 5.19. The molecule has 1 nitrogen and oxygen atoms in total. The lowest BCUT2D eigenvalue weighted by Gasteiger charge is -2.04. The van der Waals surface area contributed by atoms with Crippen molar-refractivity contribution in [1.29, 1.82) is 0 Å². The van der Waals surface area contributed by atoms with Gasteiger partial charge >= 0.3 is 0 Å². The molecule has 0 radical (unpaired) electrons. The maximum atomic E-state index is 5.19. The van der Waals surface area contributed by atoms with E-state index in [1.54, 1.807) is 6.08 Å². The van der Waals surface area contributed by atoms with Crippen LogP contribution in [0.5, 0.6) is 0 Å². The van der Waals surface area contributed by atoms with E-state index in [1.165, 1.54) is 5.56 Å². The molecule has 1 aromatic heterocycles. The molecule has 0 atom stereocenters. The Morgan fingerprint density at radius 3 is 3.00 bits per heavy atom. The first-order valence-electron chi connectivity index (χ1n) is 4.80. The summed E-state index contributed by atoms with van der Waals surface area (Å²) in [5.74, 6) is 2.49. The lowest BCUT2D eigenvalue weighted by Crippen LogP contribution is -1.86. The smallest absolute Gasteiger partial charge is 0.0737 e. The SMILES string of the molecule is C#C/C=C\c1ccc2cccnc2c1C. The number of pyridine rings is 1. The minimum absolute atomic E-state index is 1.04. The topological polar surface area (TPSA) is 12.9 Å². The Morgan fingerprint density at radius 1 is 1.33 bits per heavy atom. The molecule has 1 aromatic carbocycles. The molecule has 0 spiro atoms. The van der Waals surface area contributed by atoms with Crippen LogP contribution in [0.1, 0.15) is 11.1 Å². The average Bonchev–Trinajstić information content (AvgIpc) is 2.29. The third kappa shape index (κ3) is 1.75. The van der Waals surface area contributed by atoms with Gasteiger partial charge in [-0.25, -0.2) is 0 Å². The van der Waals surface area contributed by atoms with E-state index in [2.05, 4.69) is 36.0 Å². The summed E-state index contributed by atoms with van der Waals surface area (Å²) in [5.41, 5.74) is 3.33. The van der Waals surface area contributed by atoms with Gasteiger partial charge in [0.05, 0.1) is 5.52 Å². The molecule has 15 heavy (non-hydrogen) atoms. The van der Waals surface area contributed by atoms with E-state index in [0.717, 1.165) is 16.5 Å². The highest BCUT2D eigenvalue weighted by Crippen LogP contribution is 2.20. The number of terminal acetylenes is 1. The molecular formula is C14H11N. The number of rotatable bonds is 1. The normalized spacial score (nSPS) is 10.7. The van der Waals surface area contributed by atoms with E-state index < -0.39 is 0 Å². The summed E-state index contributed by atoms with van der Waals surface area (Å²) in [4.78, 5) is 4.36. The van der Waals surface area contributed by atoms with E-state index in [0.29, 0.717) is 0 Å². The van der Waals surface area contributed by atoms with Gasteiger partial charge in [0, 0.05) is 11.6 Å². The van der Waals surface area contributed by atoms with E-state index in [9.17, 15) is 0 Å². The lowest BCUT2D eigenvalue weighted by atomic mass is 10.0. The standard InChI is InChI=1S/C14H11N/c1-3-4-6-12-8-9-13-7-5-10-15-14(13)11(12)2/h1,4-10H,2H3/b6-4-. The van der Waals surface area contributed by atoms with Gasteiger partial charge in [-0.1, -0.05) is 24.1 Å². The van der Waals surface area contributed by atoms with E-state index in [4.69, 9.17) is 6.42 Å². The van der Waals surface area contributed by atoms with Gasteiger partial charge in [-0.3, -0.25) is 4.98 Å². The fraction of sp³-hybridized carbons (Fsp3) is 0.0714. The van der Waals surface area contributed by atoms with Crippen LogP contribution in [0.2, 0.25) is 0 Å². The summed E-state index contributed by atoms with van der Waals surface area (Å²) in [6.07, 6.45) is 10.6. The van der Waals surface area contributed by atoms with Gasteiger partial charge in [-0.2, -0.15) is 0 Å². The number of aryl methyl sites for hydroxylation is 1. The van der Waals surface area contributed by atoms with Crippen molar-refractivity contribution >= 4 is 17.0 Å². The van der Waals surface area contributed by atoms with Crippen molar-refractivity contribution in [2.24, 2.45) is 0 Å². The molecule has 0 bridgehead atoms. The van der Waals surface area contributed by atoms with Gasteiger partial charge < -0.3 is 0 Å². The van der Waals surface area contributed by atoms with Crippen LogP contribution in [0.15, 0.2) is 36.5 Å². The number of aromatic nitrogens is 1. The van der Waals surface area contributed by atoms with Crippen LogP contribution in [-0.4, -0.2) is 4.98 Å². The molecule has 1 heterocycles. The number of nitrogens with zero attached hydrogens (tertiary/aromatic N) is 1. The molecular weight excluding hydrogens is 182 g/mol. The molecule has 0 aliphatic rings. The second-order valence-electron chi connectivity index (χ2n) is 3.35. The highest BCUT2D eigenvalue weighted by atomic mass is 14.6. The predicted octanol–water partition coefficient (Wildman–Crippen LogP) is 3.19. The molecule has 1 heteroatoms. The molecule has 0 saturated heterocycles. The van der Waals surface area contributed by atoms with Crippen LogP contribution in [0.3, 0.4) is 0 Å². The number of benzene rings is 1. The summed E-state index contributed by atoms with van der Waals surface area (Å²) in [7, 11) is 0. The highest BCUT2D eigenvalue weighted by Gasteiger charge is 2.00. The monoisotopic (exact) mass is 193 g/mol. The van der Waals surface area contributed by atoms with Crippen LogP contribution in [0.25, 0.3) is 17.0 Å². The zero-order valence-corrected chi connectivity index (χ0v) is 8.57. The molecule has 0 fully saturated rings. The van der Waals surface area contributed by atoms with Crippen molar-refractivity contribution in [1.82, 2.24) is 4.98 Å². The molecule has 2 rings (SSSR count). The zero-order valence-electron chi connectivity index (χ0n) is 8.57. The molecule has 0 aliphatic heterocycles. The summed E-state index contributed by atoms with van der Waals surface area (Å²) < 4.78 is 0. The van der Waals surface area contributed by atoms with Crippen LogP contribution in [0, 0.1) is 19.3 Å². The van der Waals surface area contributed by atoms with E-state index >= 15 is 0 Å².